The van der Waals surface area contributed by atoms with Crippen LogP contribution in [0.5, 0.6) is 0 Å². The van der Waals surface area contributed by atoms with Crippen molar-refractivity contribution >= 4 is 5.91 Å². The molecule has 1 aromatic heterocycles. The van der Waals surface area contributed by atoms with Gasteiger partial charge < -0.3 is 19.9 Å². The lowest BCUT2D eigenvalue weighted by molar-refractivity contribution is -0.157. The topological polar surface area (TPSA) is 70.4 Å². The zero-order valence-electron chi connectivity index (χ0n) is 14.3. The number of rotatable bonds is 6. The molecular weight excluding hydrogens is 323 g/mol. The van der Waals surface area contributed by atoms with Crippen molar-refractivity contribution in [1.82, 2.24) is 19.8 Å². The van der Waals surface area contributed by atoms with E-state index in [1.807, 2.05) is 17.8 Å². The lowest BCUT2D eigenvalue weighted by Crippen LogP contribution is -2.57. The van der Waals surface area contributed by atoms with E-state index in [-0.39, 0.29) is 24.8 Å². The van der Waals surface area contributed by atoms with Crippen LogP contribution in [-0.4, -0.2) is 44.2 Å². The van der Waals surface area contributed by atoms with Crippen LogP contribution < -0.4 is 5.32 Å². The standard InChI is InChI=1S/C18H23FN4O2/c1-22-10-8-21-16(22)11-20-13-18(25)7-4-9-23(17(18)24)12-14-5-2-3-6-15(14)19/h2-3,5-6,8,10,20,25H,4,7,9,11-13H2,1H3. The van der Waals surface area contributed by atoms with Gasteiger partial charge in [0.1, 0.15) is 11.6 Å². The molecule has 6 nitrogen and oxygen atoms in total. The van der Waals surface area contributed by atoms with E-state index in [4.69, 9.17) is 0 Å². The number of aromatic nitrogens is 2. The Kier molecular flexibility index (Phi) is 5.15. The van der Waals surface area contributed by atoms with E-state index in [1.54, 1.807) is 24.4 Å². The number of nitrogens with zero attached hydrogens (tertiary/aromatic N) is 3. The predicted molar refractivity (Wildman–Crippen MR) is 90.9 cm³/mol. The molecule has 2 heterocycles. The highest BCUT2D eigenvalue weighted by atomic mass is 19.1. The quantitative estimate of drug-likeness (QED) is 0.825. The van der Waals surface area contributed by atoms with Crippen molar-refractivity contribution < 1.29 is 14.3 Å². The van der Waals surface area contributed by atoms with Crippen molar-refractivity contribution in [2.75, 3.05) is 13.1 Å². The molecule has 1 atom stereocenters. The number of hydrogen-bond acceptors (Lipinski definition) is 4. The summed E-state index contributed by atoms with van der Waals surface area (Å²) in [4.78, 5) is 18.4. The van der Waals surface area contributed by atoms with Crippen LogP contribution in [0.2, 0.25) is 0 Å². The summed E-state index contributed by atoms with van der Waals surface area (Å²) in [5.41, 5.74) is -1.00. The minimum absolute atomic E-state index is 0.145. The van der Waals surface area contributed by atoms with Gasteiger partial charge in [0.15, 0.2) is 5.60 Å². The number of benzene rings is 1. The number of piperidine rings is 1. The van der Waals surface area contributed by atoms with Crippen molar-refractivity contribution in [2.24, 2.45) is 7.05 Å². The number of likely N-dealkylation sites (tertiary alicyclic amines) is 1. The molecule has 1 aliphatic heterocycles. The fourth-order valence-corrected chi connectivity index (χ4v) is 3.16. The van der Waals surface area contributed by atoms with E-state index >= 15 is 0 Å². The number of amides is 1. The zero-order chi connectivity index (χ0) is 17.9. The molecule has 1 unspecified atom stereocenters. The van der Waals surface area contributed by atoms with Gasteiger partial charge in [-0.25, -0.2) is 9.37 Å². The average molecular weight is 346 g/mol. The maximum atomic E-state index is 13.8. The highest BCUT2D eigenvalue weighted by molar-refractivity contribution is 5.86. The van der Waals surface area contributed by atoms with Gasteiger partial charge in [-0.05, 0) is 18.9 Å². The third-order valence-electron chi connectivity index (χ3n) is 4.64. The van der Waals surface area contributed by atoms with Crippen LogP contribution in [0.15, 0.2) is 36.7 Å². The van der Waals surface area contributed by atoms with Gasteiger partial charge in [0, 0.05) is 44.6 Å². The van der Waals surface area contributed by atoms with E-state index in [2.05, 4.69) is 10.3 Å². The summed E-state index contributed by atoms with van der Waals surface area (Å²) in [5, 5.41) is 13.9. The number of imidazole rings is 1. The molecule has 1 saturated heterocycles. The summed E-state index contributed by atoms with van der Waals surface area (Å²) in [5.74, 6) is 0.140. The fraction of sp³-hybridized carbons (Fsp3) is 0.444. The fourth-order valence-electron chi connectivity index (χ4n) is 3.16. The third kappa shape index (κ3) is 3.88. The molecule has 0 saturated carbocycles. The second-order valence-corrected chi connectivity index (χ2v) is 6.51. The van der Waals surface area contributed by atoms with Crippen molar-refractivity contribution in [3.63, 3.8) is 0 Å². The van der Waals surface area contributed by atoms with E-state index in [0.717, 1.165) is 5.82 Å². The van der Waals surface area contributed by atoms with Gasteiger partial charge in [-0.3, -0.25) is 4.79 Å². The zero-order valence-corrected chi connectivity index (χ0v) is 14.3. The van der Waals surface area contributed by atoms with E-state index in [0.29, 0.717) is 31.5 Å². The monoisotopic (exact) mass is 346 g/mol. The largest absolute Gasteiger partial charge is 0.379 e. The maximum absolute atomic E-state index is 13.8. The molecule has 1 aliphatic rings. The van der Waals surface area contributed by atoms with Gasteiger partial charge in [0.05, 0.1) is 6.54 Å². The van der Waals surface area contributed by atoms with Crippen LogP contribution in [0.25, 0.3) is 0 Å². The molecule has 0 spiro atoms. The van der Waals surface area contributed by atoms with Gasteiger partial charge >= 0.3 is 0 Å². The second kappa shape index (κ2) is 7.33. The molecule has 2 aromatic rings. The first kappa shape index (κ1) is 17.6. The minimum atomic E-state index is -1.46. The Morgan fingerprint density at radius 2 is 2.20 bits per heavy atom. The van der Waals surface area contributed by atoms with E-state index < -0.39 is 5.60 Å². The van der Waals surface area contributed by atoms with Crippen molar-refractivity contribution in [3.8, 4) is 0 Å². The van der Waals surface area contributed by atoms with Gasteiger partial charge in [-0.15, -0.1) is 0 Å². The summed E-state index contributed by atoms with van der Waals surface area (Å²) < 4.78 is 15.7. The number of aliphatic hydroxyl groups is 1. The Hall–Kier alpha value is -2.25. The minimum Gasteiger partial charge on any atom is -0.379 e. The molecule has 134 valence electrons. The summed E-state index contributed by atoms with van der Waals surface area (Å²) in [6, 6.07) is 6.40. The maximum Gasteiger partial charge on any atom is 0.256 e. The molecule has 1 fully saturated rings. The lowest BCUT2D eigenvalue weighted by atomic mass is 9.91. The predicted octanol–water partition coefficient (Wildman–Crippen LogP) is 1.20. The Morgan fingerprint density at radius 1 is 1.40 bits per heavy atom. The van der Waals surface area contributed by atoms with Gasteiger partial charge in [-0.2, -0.15) is 0 Å². The second-order valence-electron chi connectivity index (χ2n) is 6.51. The Bertz CT molecular complexity index is 748. The molecule has 0 bridgehead atoms. The average Bonchev–Trinajstić information content (AvgIpc) is 2.99. The lowest BCUT2D eigenvalue weighted by Gasteiger charge is -2.38. The van der Waals surface area contributed by atoms with E-state index in [9.17, 15) is 14.3 Å². The summed E-state index contributed by atoms with van der Waals surface area (Å²) in [6.45, 7) is 1.31. The number of hydrogen-bond donors (Lipinski definition) is 2. The van der Waals surface area contributed by atoms with Gasteiger partial charge in [0.2, 0.25) is 0 Å². The highest BCUT2D eigenvalue weighted by Gasteiger charge is 2.41. The number of carbonyl (C=O) groups is 1. The normalized spacial score (nSPS) is 20.9. The van der Waals surface area contributed by atoms with Gasteiger partial charge in [-0.1, -0.05) is 18.2 Å². The van der Waals surface area contributed by atoms with Crippen LogP contribution in [-0.2, 0) is 24.9 Å². The smallest absolute Gasteiger partial charge is 0.256 e. The summed E-state index contributed by atoms with van der Waals surface area (Å²) in [7, 11) is 1.89. The first-order valence-electron chi connectivity index (χ1n) is 8.42. The number of carbonyl (C=O) groups excluding carboxylic acids is 1. The molecule has 0 aliphatic carbocycles. The first-order valence-corrected chi connectivity index (χ1v) is 8.42. The Morgan fingerprint density at radius 3 is 2.92 bits per heavy atom. The highest BCUT2D eigenvalue weighted by Crippen LogP contribution is 2.24. The number of nitrogens with one attached hydrogen (secondary N) is 1. The van der Waals surface area contributed by atoms with Crippen molar-refractivity contribution in [1.29, 1.82) is 0 Å². The molecular formula is C18H23FN4O2. The van der Waals surface area contributed by atoms with Gasteiger partial charge in [0.25, 0.3) is 5.91 Å². The third-order valence-corrected chi connectivity index (χ3v) is 4.64. The van der Waals surface area contributed by atoms with E-state index in [1.165, 1.54) is 11.0 Å². The summed E-state index contributed by atoms with van der Waals surface area (Å²) in [6.07, 6.45) is 4.62. The molecule has 1 amide bonds. The molecule has 0 radical (unpaired) electrons. The Balaban J connectivity index is 1.62. The number of aryl methyl sites for hydroxylation is 1. The molecule has 7 heteroatoms. The van der Waals surface area contributed by atoms with Crippen LogP contribution in [0.1, 0.15) is 24.2 Å². The molecule has 1 aromatic carbocycles. The van der Waals surface area contributed by atoms with Crippen LogP contribution in [0, 0.1) is 5.82 Å². The first-order chi connectivity index (χ1) is 12.0. The number of halogens is 1. The van der Waals surface area contributed by atoms with Crippen molar-refractivity contribution in [2.45, 2.75) is 31.5 Å². The van der Waals surface area contributed by atoms with Crippen LogP contribution in [0.3, 0.4) is 0 Å². The SMILES string of the molecule is Cn1ccnc1CNCC1(O)CCCN(Cc2ccccc2F)C1=O. The van der Waals surface area contributed by atoms with Crippen LogP contribution in [0.4, 0.5) is 4.39 Å². The summed E-state index contributed by atoms with van der Waals surface area (Å²) >= 11 is 0. The van der Waals surface area contributed by atoms with Crippen molar-refractivity contribution in [3.05, 3.63) is 53.9 Å². The molecule has 2 N–H and O–H groups in total. The molecule has 3 rings (SSSR count). The molecule has 25 heavy (non-hydrogen) atoms. The Labute approximate surface area is 146 Å². The van der Waals surface area contributed by atoms with Crippen LogP contribution >= 0.6 is 0 Å².